The van der Waals surface area contributed by atoms with Crippen LogP contribution in [0.5, 0.6) is 0 Å². The minimum Gasteiger partial charge on any atom is -0.464 e. The van der Waals surface area contributed by atoms with Gasteiger partial charge in [0.25, 0.3) is 0 Å². The number of piperidine rings is 1. The molecule has 0 bridgehead atoms. The first-order chi connectivity index (χ1) is 21.0. The van der Waals surface area contributed by atoms with Gasteiger partial charge in [0.1, 0.15) is 12.7 Å². The van der Waals surface area contributed by atoms with E-state index in [0.29, 0.717) is 18.3 Å². The van der Waals surface area contributed by atoms with Gasteiger partial charge in [0, 0.05) is 24.8 Å². The highest BCUT2D eigenvalue weighted by Gasteiger charge is 2.70. The summed E-state index contributed by atoms with van der Waals surface area (Å²) < 4.78 is 11.9. The van der Waals surface area contributed by atoms with Gasteiger partial charge in [-0.1, -0.05) is 53.5 Å². The van der Waals surface area contributed by atoms with Crippen molar-refractivity contribution in [3.05, 3.63) is 11.6 Å². The van der Waals surface area contributed by atoms with Crippen molar-refractivity contribution < 1.29 is 23.9 Å². The molecule has 0 spiro atoms. The lowest BCUT2D eigenvalue weighted by Crippen LogP contribution is -2.66. The third-order valence-electron chi connectivity index (χ3n) is 15.4. The lowest BCUT2D eigenvalue weighted by Gasteiger charge is -2.70. The van der Waals surface area contributed by atoms with Crippen molar-refractivity contribution in [1.82, 2.24) is 4.90 Å². The summed E-state index contributed by atoms with van der Waals surface area (Å²) in [5.74, 6) is 0.541. The van der Waals surface area contributed by atoms with Crippen molar-refractivity contribution in [2.24, 2.45) is 50.2 Å². The van der Waals surface area contributed by atoms with Crippen LogP contribution in [0.1, 0.15) is 132 Å². The number of carbonyl (C=O) groups excluding carboxylic acids is 3. The third-order valence-corrected chi connectivity index (χ3v) is 15.4. The molecule has 6 heteroatoms. The number of carbonyl (C=O) groups is 3. The Labute approximate surface area is 272 Å². The first-order valence-electron chi connectivity index (χ1n) is 18.3. The van der Waals surface area contributed by atoms with Gasteiger partial charge < -0.3 is 9.47 Å². The monoisotopic (exact) mass is 623 g/mol. The third kappa shape index (κ3) is 5.08. The minimum atomic E-state index is -0.519. The molecule has 1 saturated heterocycles. The van der Waals surface area contributed by atoms with Gasteiger partial charge in [0.15, 0.2) is 5.78 Å². The van der Waals surface area contributed by atoms with Crippen molar-refractivity contribution in [3.8, 4) is 0 Å². The number of esters is 2. The molecular formula is C39H61NO5. The van der Waals surface area contributed by atoms with Crippen molar-refractivity contribution in [3.63, 3.8) is 0 Å². The average molecular weight is 624 g/mol. The zero-order chi connectivity index (χ0) is 32.6. The highest BCUT2D eigenvalue weighted by Crippen LogP contribution is 2.75. The van der Waals surface area contributed by atoms with E-state index in [1.807, 2.05) is 0 Å². The molecule has 0 aromatic rings. The number of hydrogen-bond donors (Lipinski definition) is 0. The van der Waals surface area contributed by atoms with E-state index in [1.165, 1.54) is 31.8 Å². The quantitative estimate of drug-likeness (QED) is 0.290. The molecule has 0 radical (unpaired) electrons. The van der Waals surface area contributed by atoms with Crippen LogP contribution >= 0.6 is 0 Å². The van der Waals surface area contributed by atoms with Crippen LogP contribution < -0.4 is 0 Å². The molecule has 6 rings (SSSR count). The lowest BCUT2D eigenvalue weighted by atomic mass is 9.33. The average Bonchev–Trinajstić information content (AvgIpc) is 2.97. The lowest BCUT2D eigenvalue weighted by molar-refractivity contribution is -0.210. The van der Waals surface area contributed by atoms with E-state index < -0.39 is 5.41 Å². The maximum absolute atomic E-state index is 14.7. The number of fused-ring (bicyclic) bond motifs is 7. The second kappa shape index (κ2) is 11.2. The Hall–Kier alpha value is -1.69. The number of ketones is 1. The summed E-state index contributed by atoms with van der Waals surface area (Å²) in [6, 6.07) is 0. The van der Waals surface area contributed by atoms with E-state index in [-0.39, 0.29) is 57.0 Å². The molecule has 0 N–H and O–H groups in total. The molecule has 6 aliphatic rings. The van der Waals surface area contributed by atoms with Crippen molar-refractivity contribution in [2.75, 3.05) is 26.2 Å². The van der Waals surface area contributed by atoms with Crippen LogP contribution in [0.3, 0.4) is 0 Å². The van der Waals surface area contributed by atoms with E-state index in [4.69, 9.17) is 9.47 Å². The Balaban J connectivity index is 1.27. The van der Waals surface area contributed by atoms with Crippen LogP contribution in [-0.4, -0.2) is 55.0 Å². The van der Waals surface area contributed by atoms with Gasteiger partial charge in [-0.2, -0.15) is 0 Å². The summed E-state index contributed by atoms with van der Waals surface area (Å²) in [7, 11) is 0. The fraction of sp³-hybridized carbons (Fsp3) is 0.872. The molecule has 0 amide bonds. The second-order valence-corrected chi connectivity index (χ2v) is 18.2. The zero-order valence-electron chi connectivity index (χ0n) is 29.7. The largest absolute Gasteiger partial charge is 0.464 e. The van der Waals surface area contributed by atoms with E-state index in [1.54, 1.807) is 0 Å². The molecule has 1 aliphatic heterocycles. The zero-order valence-corrected chi connectivity index (χ0v) is 29.7. The van der Waals surface area contributed by atoms with Gasteiger partial charge in [0.05, 0.1) is 5.41 Å². The highest BCUT2D eigenvalue weighted by molar-refractivity contribution is 5.95. The fourth-order valence-corrected chi connectivity index (χ4v) is 12.4. The first kappa shape index (κ1) is 33.2. The molecule has 6 nitrogen and oxygen atoms in total. The van der Waals surface area contributed by atoms with Crippen LogP contribution in [0, 0.1) is 50.2 Å². The fourth-order valence-electron chi connectivity index (χ4n) is 12.4. The number of nitrogens with zero attached hydrogens (tertiary/aromatic N) is 1. The summed E-state index contributed by atoms with van der Waals surface area (Å²) in [6.07, 6.45) is 14.4. The van der Waals surface area contributed by atoms with Crippen LogP contribution in [0.4, 0.5) is 0 Å². The van der Waals surface area contributed by atoms with Crippen molar-refractivity contribution in [2.45, 2.75) is 139 Å². The summed E-state index contributed by atoms with van der Waals surface area (Å²) in [5.41, 5.74) is 0.361. The Morgan fingerprint density at radius 3 is 2.27 bits per heavy atom. The van der Waals surface area contributed by atoms with Gasteiger partial charge in [0.2, 0.25) is 0 Å². The molecule has 5 fully saturated rings. The molecule has 1 heterocycles. The van der Waals surface area contributed by atoms with E-state index in [0.717, 1.165) is 77.4 Å². The normalized spacial score (nSPS) is 46.0. The van der Waals surface area contributed by atoms with Gasteiger partial charge in [-0.05, 0) is 130 Å². The van der Waals surface area contributed by atoms with Gasteiger partial charge >= 0.3 is 11.9 Å². The van der Waals surface area contributed by atoms with Crippen LogP contribution in [0.2, 0.25) is 0 Å². The predicted molar refractivity (Wildman–Crippen MR) is 176 cm³/mol. The minimum absolute atomic E-state index is 0.0412. The maximum Gasteiger partial charge on any atom is 0.311 e. The number of rotatable bonds is 5. The Morgan fingerprint density at radius 1 is 0.889 bits per heavy atom. The van der Waals surface area contributed by atoms with Gasteiger partial charge in [-0.3, -0.25) is 19.3 Å². The van der Waals surface area contributed by atoms with E-state index in [9.17, 15) is 14.4 Å². The maximum atomic E-state index is 14.7. The van der Waals surface area contributed by atoms with Crippen LogP contribution in [-0.2, 0) is 23.9 Å². The van der Waals surface area contributed by atoms with Gasteiger partial charge in [-0.25, -0.2) is 0 Å². The molecular weight excluding hydrogens is 562 g/mol. The predicted octanol–water partition coefficient (Wildman–Crippen LogP) is 7.93. The molecule has 0 aromatic heterocycles. The number of allylic oxidation sites excluding steroid dienone is 2. The van der Waals surface area contributed by atoms with Crippen LogP contribution in [0.25, 0.3) is 0 Å². The molecule has 4 saturated carbocycles. The summed E-state index contributed by atoms with van der Waals surface area (Å²) >= 11 is 0. The Kier molecular flexibility index (Phi) is 8.26. The molecule has 0 unspecified atom stereocenters. The Bertz CT molecular complexity index is 1250. The smallest absolute Gasteiger partial charge is 0.311 e. The number of likely N-dealkylation sites (tertiary alicyclic amines) is 1. The molecule has 45 heavy (non-hydrogen) atoms. The SMILES string of the molecule is CC(=O)O[C@H]1CC[C@]2(C)[C@@H](CC[C@@]3(C)[C@H]2C(=O)C=C2[C@@H]4C[C@](C)(C(=O)OCCN5CCCCC5)CC[C@]4(C)CC[C@]23C)C1(C)C. The first-order valence-corrected chi connectivity index (χ1v) is 18.3. The molecule has 9 atom stereocenters. The summed E-state index contributed by atoms with van der Waals surface area (Å²) in [6.45, 7) is 21.4. The van der Waals surface area contributed by atoms with Crippen molar-refractivity contribution in [1.29, 1.82) is 0 Å². The Morgan fingerprint density at radius 2 is 1.58 bits per heavy atom. The van der Waals surface area contributed by atoms with Crippen LogP contribution in [0.15, 0.2) is 11.6 Å². The molecule has 5 aliphatic carbocycles. The number of ether oxygens (including phenoxy) is 2. The van der Waals surface area contributed by atoms with E-state index in [2.05, 4.69) is 59.4 Å². The van der Waals surface area contributed by atoms with E-state index >= 15 is 0 Å². The molecule has 0 aromatic carbocycles. The highest BCUT2D eigenvalue weighted by atomic mass is 16.5. The summed E-state index contributed by atoms with van der Waals surface area (Å²) in [5, 5.41) is 0. The summed E-state index contributed by atoms with van der Waals surface area (Å²) in [4.78, 5) is 42.8. The molecule has 252 valence electrons. The van der Waals surface area contributed by atoms with Crippen molar-refractivity contribution >= 4 is 17.7 Å². The second-order valence-electron chi connectivity index (χ2n) is 18.2. The number of hydrogen-bond acceptors (Lipinski definition) is 6. The standard InChI is InChI=1S/C39H61NO5/c1-26(41)45-31-13-14-37(6)30(34(31,2)3)12-15-39(8)32(37)29(42)24-27-28-25-36(5,17-16-35(28,4)18-19-38(27,39)7)33(43)44-23-22-40-20-10-9-11-21-40/h24,28,30-32H,9-23,25H2,1-8H3/t28-,30-,31-,32-,35+,36+,37+,38+,39-/m0/s1. The topological polar surface area (TPSA) is 72.9 Å². The van der Waals surface area contributed by atoms with Gasteiger partial charge in [-0.15, -0.1) is 0 Å².